The van der Waals surface area contributed by atoms with Crippen molar-refractivity contribution in [2.45, 2.75) is 18.4 Å². The molecule has 2 fully saturated rings. The second-order valence-corrected chi connectivity index (χ2v) is 5.81. The van der Waals surface area contributed by atoms with Crippen molar-refractivity contribution in [3.8, 4) is 0 Å². The average molecular weight is 328 g/mol. The van der Waals surface area contributed by atoms with Crippen LogP contribution < -0.4 is 10.6 Å². The molecule has 3 N–H and O–H groups in total. The quantitative estimate of drug-likeness (QED) is 0.373. The van der Waals surface area contributed by atoms with Crippen molar-refractivity contribution in [2.24, 2.45) is 0 Å². The molecule has 2 rings (SSSR count). The summed E-state index contributed by atoms with van der Waals surface area (Å²) in [5, 5.41) is 14.4. The second-order valence-electron chi connectivity index (χ2n) is 5.81. The third-order valence-electron chi connectivity index (χ3n) is 4.27. The number of hydrogen-bond donors (Lipinski definition) is 3. The molecule has 130 valence electrons. The van der Waals surface area contributed by atoms with Crippen molar-refractivity contribution in [3.05, 3.63) is 0 Å². The van der Waals surface area contributed by atoms with Crippen LogP contribution in [0.1, 0.15) is 12.8 Å². The number of aliphatic hydroxyl groups is 1. The van der Waals surface area contributed by atoms with Gasteiger partial charge in [0, 0.05) is 26.7 Å². The number of carbonyl (C=O) groups is 3. The number of imide groups is 1. The molecule has 0 saturated carbocycles. The molecule has 2 heterocycles. The zero-order chi connectivity index (χ0) is 16.9. The molecule has 0 aromatic heterocycles. The molecule has 2 aliphatic heterocycles. The molecular weight excluding hydrogens is 304 g/mol. The fraction of sp³-hybridized carbons (Fsp3) is 0.786. The molecule has 0 bridgehead atoms. The maximum atomic E-state index is 12.4. The molecule has 23 heavy (non-hydrogen) atoms. The van der Waals surface area contributed by atoms with E-state index in [1.807, 2.05) is 4.90 Å². The average Bonchev–Trinajstić information content (AvgIpc) is 2.75. The summed E-state index contributed by atoms with van der Waals surface area (Å²) in [6, 6.07) is -0.449. The van der Waals surface area contributed by atoms with Crippen LogP contribution in [0.4, 0.5) is 4.79 Å². The Morgan fingerprint density at radius 3 is 2.70 bits per heavy atom. The van der Waals surface area contributed by atoms with Crippen LogP contribution in [0.25, 0.3) is 0 Å². The molecule has 0 aromatic carbocycles. The van der Waals surface area contributed by atoms with Gasteiger partial charge in [0.2, 0.25) is 5.91 Å². The van der Waals surface area contributed by atoms with E-state index in [0.717, 1.165) is 4.90 Å². The summed E-state index contributed by atoms with van der Waals surface area (Å²) in [5.41, 5.74) is -0.880. The number of likely N-dealkylation sites (tertiary alicyclic amines) is 1. The lowest BCUT2D eigenvalue weighted by atomic mass is 9.87. The van der Waals surface area contributed by atoms with Gasteiger partial charge in [0.05, 0.1) is 26.3 Å². The molecule has 2 aliphatic rings. The molecule has 2 saturated heterocycles. The first-order chi connectivity index (χ1) is 11.0. The van der Waals surface area contributed by atoms with Gasteiger partial charge in [-0.2, -0.15) is 0 Å². The number of β-amino-alcohol motifs (C(OH)–C–C–N with tert-alkyl or cyclic N) is 1. The first-order valence-electron chi connectivity index (χ1n) is 7.75. The Balaban J connectivity index is 1.83. The minimum absolute atomic E-state index is 0.0119. The fourth-order valence-corrected chi connectivity index (χ4v) is 2.96. The van der Waals surface area contributed by atoms with E-state index in [2.05, 4.69) is 10.6 Å². The van der Waals surface area contributed by atoms with Crippen molar-refractivity contribution >= 4 is 17.8 Å². The Hall–Kier alpha value is -1.71. The highest BCUT2D eigenvalue weighted by atomic mass is 16.5. The summed E-state index contributed by atoms with van der Waals surface area (Å²) in [7, 11) is 1.57. The summed E-state index contributed by atoms with van der Waals surface area (Å²) in [6.45, 7) is 2.07. The first kappa shape index (κ1) is 17.6. The summed E-state index contributed by atoms with van der Waals surface area (Å²) < 4.78 is 4.87. The monoisotopic (exact) mass is 328 g/mol. The van der Waals surface area contributed by atoms with Crippen LogP contribution in [0.15, 0.2) is 0 Å². The Bertz CT molecular complexity index is 462. The summed E-state index contributed by atoms with van der Waals surface area (Å²) in [6.07, 6.45) is 0.926. The number of rotatable bonds is 7. The van der Waals surface area contributed by atoms with E-state index >= 15 is 0 Å². The topological polar surface area (TPSA) is 111 Å². The van der Waals surface area contributed by atoms with Gasteiger partial charge in [-0.3, -0.25) is 19.4 Å². The van der Waals surface area contributed by atoms with Crippen LogP contribution in [-0.2, 0) is 14.3 Å². The maximum Gasteiger partial charge on any atom is 0.325 e. The van der Waals surface area contributed by atoms with Crippen LogP contribution >= 0.6 is 0 Å². The number of piperidine rings is 1. The third-order valence-corrected chi connectivity index (χ3v) is 4.27. The van der Waals surface area contributed by atoms with E-state index in [4.69, 9.17) is 9.84 Å². The van der Waals surface area contributed by atoms with Crippen molar-refractivity contribution in [3.63, 3.8) is 0 Å². The number of nitrogens with zero attached hydrogens (tertiary/aromatic N) is 2. The van der Waals surface area contributed by atoms with E-state index < -0.39 is 11.6 Å². The lowest BCUT2D eigenvalue weighted by molar-refractivity contribution is -0.133. The molecule has 0 aromatic rings. The van der Waals surface area contributed by atoms with Gasteiger partial charge >= 0.3 is 6.03 Å². The highest BCUT2D eigenvalue weighted by Crippen LogP contribution is 2.29. The molecule has 9 heteroatoms. The Morgan fingerprint density at radius 2 is 2.09 bits per heavy atom. The fourth-order valence-electron chi connectivity index (χ4n) is 2.96. The van der Waals surface area contributed by atoms with Crippen LogP contribution in [0.3, 0.4) is 0 Å². The Kier molecular flexibility index (Phi) is 5.91. The van der Waals surface area contributed by atoms with E-state index in [9.17, 15) is 14.4 Å². The van der Waals surface area contributed by atoms with Gasteiger partial charge in [-0.25, -0.2) is 4.79 Å². The molecule has 0 atom stereocenters. The van der Waals surface area contributed by atoms with Gasteiger partial charge in [0.25, 0.3) is 5.91 Å². The van der Waals surface area contributed by atoms with Crippen molar-refractivity contribution in [2.75, 3.05) is 53.0 Å². The van der Waals surface area contributed by atoms with Gasteiger partial charge in [-0.15, -0.1) is 0 Å². The summed E-state index contributed by atoms with van der Waals surface area (Å²) in [5.74, 6) is -0.359. The second kappa shape index (κ2) is 7.71. The number of hydrogen-bond acceptors (Lipinski definition) is 6. The Morgan fingerprint density at radius 1 is 1.39 bits per heavy atom. The number of methoxy groups -OCH3 is 1. The first-order valence-corrected chi connectivity index (χ1v) is 7.75. The highest BCUT2D eigenvalue weighted by molar-refractivity contribution is 6.07. The lowest BCUT2D eigenvalue weighted by Gasteiger charge is -2.36. The number of aliphatic hydroxyl groups excluding tert-OH is 1. The van der Waals surface area contributed by atoms with Crippen molar-refractivity contribution in [1.29, 1.82) is 0 Å². The number of carbonyl (C=O) groups excluding carboxylic acids is 3. The van der Waals surface area contributed by atoms with Crippen LogP contribution in [-0.4, -0.2) is 91.3 Å². The van der Waals surface area contributed by atoms with E-state index in [0.29, 0.717) is 39.1 Å². The minimum atomic E-state index is -0.880. The van der Waals surface area contributed by atoms with Crippen molar-refractivity contribution < 1.29 is 24.2 Å². The normalized spacial score (nSPS) is 20.9. The van der Waals surface area contributed by atoms with Gasteiger partial charge in [-0.05, 0) is 12.8 Å². The minimum Gasteiger partial charge on any atom is -0.395 e. The number of ether oxygens (including phenoxy) is 1. The number of urea groups is 1. The summed E-state index contributed by atoms with van der Waals surface area (Å²) >= 11 is 0. The Labute approximate surface area is 134 Å². The molecular formula is C14H24N4O5. The highest BCUT2D eigenvalue weighted by Gasteiger charge is 2.52. The molecule has 4 amide bonds. The third kappa shape index (κ3) is 3.98. The predicted octanol–water partition coefficient (Wildman–Crippen LogP) is -1.87. The predicted molar refractivity (Wildman–Crippen MR) is 80.6 cm³/mol. The molecule has 9 nitrogen and oxygen atoms in total. The van der Waals surface area contributed by atoms with E-state index in [1.54, 1.807) is 7.11 Å². The molecule has 0 aliphatic carbocycles. The van der Waals surface area contributed by atoms with Gasteiger partial charge in [-0.1, -0.05) is 0 Å². The summed E-state index contributed by atoms with van der Waals surface area (Å²) in [4.78, 5) is 39.0. The standard InChI is InChI=1S/C14H24N4O5/c1-23-9-4-15-11(20)10-17-5-2-14(3-6-17)12(21)18(7-8-19)13(22)16-14/h19H,2-10H2,1H3,(H,15,20)(H,16,22). The van der Waals surface area contributed by atoms with Crippen LogP contribution in [0.2, 0.25) is 0 Å². The zero-order valence-corrected chi connectivity index (χ0v) is 13.3. The molecule has 1 spiro atoms. The zero-order valence-electron chi connectivity index (χ0n) is 13.3. The number of amides is 4. The molecule has 0 unspecified atom stereocenters. The SMILES string of the molecule is COCCNC(=O)CN1CCC2(CC1)NC(=O)N(CCO)C2=O. The van der Waals surface area contributed by atoms with Crippen LogP contribution in [0, 0.1) is 0 Å². The van der Waals surface area contributed by atoms with E-state index in [-0.39, 0.29) is 31.5 Å². The van der Waals surface area contributed by atoms with Gasteiger partial charge in [0.1, 0.15) is 5.54 Å². The largest absolute Gasteiger partial charge is 0.395 e. The van der Waals surface area contributed by atoms with Gasteiger partial charge < -0.3 is 20.5 Å². The van der Waals surface area contributed by atoms with E-state index in [1.165, 1.54) is 0 Å². The van der Waals surface area contributed by atoms with Crippen LogP contribution in [0.5, 0.6) is 0 Å². The maximum absolute atomic E-state index is 12.4. The smallest absolute Gasteiger partial charge is 0.325 e. The number of nitrogens with one attached hydrogen (secondary N) is 2. The van der Waals surface area contributed by atoms with Crippen molar-refractivity contribution in [1.82, 2.24) is 20.4 Å². The molecule has 0 radical (unpaired) electrons. The van der Waals surface area contributed by atoms with Gasteiger partial charge in [0.15, 0.2) is 0 Å². The lowest BCUT2D eigenvalue weighted by Crippen LogP contribution is -2.56.